The molecule has 3 unspecified atom stereocenters. The zero-order valence-corrected chi connectivity index (χ0v) is 20.4. The first-order chi connectivity index (χ1) is 17.8. The van der Waals surface area contributed by atoms with Gasteiger partial charge in [-0.3, -0.25) is 0 Å². The predicted octanol–water partition coefficient (Wildman–Crippen LogP) is 6.19. The first-order valence-corrected chi connectivity index (χ1v) is 11.7. The van der Waals surface area contributed by atoms with Gasteiger partial charge in [-0.25, -0.2) is 17.9 Å². The molecule has 0 saturated heterocycles. The Bertz CT molecular complexity index is 1380. The molecule has 11 heteroatoms. The Kier molecular flexibility index (Phi) is 7.33. The average Bonchev–Trinajstić information content (AvgIpc) is 3.33. The maximum absolute atomic E-state index is 16.9. The highest BCUT2D eigenvalue weighted by Gasteiger charge is 2.53. The monoisotopic (exact) mass is 534 g/mol. The third-order valence-corrected chi connectivity index (χ3v) is 6.64. The maximum atomic E-state index is 16.9. The molecule has 4 rings (SSSR count). The van der Waals surface area contributed by atoms with Gasteiger partial charge in [-0.1, -0.05) is 49.4 Å². The van der Waals surface area contributed by atoms with Crippen LogP contribution in [-0.2, 0) is 18.3 Å². The van der Waals surface area contributed by atoms with Crippen molar-refractivity contribution in [3.8, 4) is 0 Å². The molecule has 0 aliphatic heterocycles. The molecule has 5 nitrogen and oxygen atoms in total. The minimum absolute atomic E-state index is 0.0128. The topological polar surface area (TPSA) is 63.8 Å². The largest absolute Gasteiger partial charge is 0.416 e. The Balaban J connectivity index is 1.76. The van der Waals surface area contributed by atoms with Gasteiger partial charge in [-0.05, 0) is 64.6 Å². The Hall–Kier alpha value is -3.73. The lowest BCUT2D eigenvalue weighted by atomic mass is 9.74. The zero-order valence-electron chi connectivity index (χ0n) is 20.4. The molecule has 0 amide bonds. The number of hydrogen-bond donors (Lipinski definition) is 1. The van der Waals surface area contributed by atoms with Crippen molar-refractivity contribution >= 4 is 5.57 Å². The molecule has 1 aliphatic rings. The summed E-state index contributed by atoms with van der Waals surface area (Å²) in [5.74, 6) is -2.21. The quantitative estimate of drug-likeness (QED) is 0.383. The Morgan fingerprint density at radius 1 is 1.03 bits per heavy atom. The number of benzene rings is 2. The van der Waals surface area contributed by atoms with E-state index in [2.05, 4.69) is 15.5 Å². The van der Waals surface area contributed by atoms with Gasteiger partial charge < -0.3 is 5.11 Å². The molecule has 0 bridgehead atoms. The van der Waals surface area contributed by atoms with Crippen LogP contribution in [0.5, 0.6) is 0 Å². The number of alkyl halides is 4. The number of aliphatic hydroxyl groups is 1. The number of nitrogens with zero attached hydrogens (tertiary/aromatic N) is 4. The molecule has 1 N–H and O–H groups in total. The molecule has 1 aliphatic carbocycles. The summed E-state index contributed by atoms with van der Waals surface area (Å²) < 4.78 is 85.5. The Labute approximate surface area is 214 Å². The number of tetrazole rings is 1. The number of rotatable bonds is 6. The SMILES string of the molecule is CC1C=C(c2ccc(C(F)(F)F)cc2)C=CC(C(C)(F)C(O)(Cn2cnnn2)c2ccc(F)cc2F)=CC1. The predicted molar refractivity (Wildman–Crippen MR) is 128 cm³/mol. The van der Waals surface area contributed by atoms with Gasteiger partial charge >= 0.3 is 6.18 Å². The molecule has 0 fully saturated rings. The normalized spacial score (nSPS) is 19.6. The Morgan fingerprint density at radius 3 is 2.34 bits per heavy atom. The minimum atomic E-state index is -4.48. The van der Waals surface area contributed by atoms with Crippen LogP contribution < -0.4 is 0 Å². The first kappa shape index (κ1) is 27.3. The van der Waals surface area contributed by atoms with E-state index >= 15 is 4.39 Å². The summed E-state index contributed by atoms with van der Waals surface area (Å²) in [6.45, 7) is 2.32. The zero-order chi connectivity index (χ0) is 27.7. The second-order valence-corrected chi connectivity index (χ2v) is 9.40. The maximum Gasteiger partial charge on any atom is 0.416 e. The highest BCUT2D eigenvalue weighted by molar-refractivity contribution is 5.75. The van der Waals surface area contributed by atoms with Gasteiger partial charge in [0.15, 0.2) is 5.67 Å². The fraction of sp³-hybridized carbons (Fsp3) is 0.296. The van der Waals surface area contributed by atoms with E-state index in [1.54, 1.807) is 6.08 Å². The summed E-state index contributed by atoms with van der Waals surface area (Å²) in [4.78, 5) is 0. The van der Waals surface area contributed by atoms with E-state index in [-0.39, 0.29) is 11.5 Å². The van der Waals surface area contributed by atoms with E-state index in [0.717, 1.165) is 42.2 Å². The van der Waals surface area contributed by atoms with Crippen LogP contribution in [-0.4, -0.2) is 31.0 Å². The Morgan fingerprint density at radius 2 is 1.74 bits per heavy atom. The summed E-state index contributed by atoms with van der Waals surface area (Å²) >= 11 is 0. The molecule has 38 heavy (non-hydrogen) atoms. The summed E-state index contributed by atoms with van der Waals surface area (Å²) in [7, 11) is 0. The van der Waals surface area contributed by atoms with Crippen molar-refractivity contribution in [2.75, 3.05) is 0 Å². The van der Waals surface area contributed by atoms with E-state index < -0.39 is 46.8 Å². The third-order valence-electron chi connectivity index (χ3n) is 6.64. The van der Waals surface area contributed by atoms with Crippen molar-refractivity contribution in [1.29, 1.82) is 0 Å². The van der Waals surface area contributed by atoms with Crippen LogP contribution in [0, 0.1) is 17.6 Å². The van der Waals surface area contributed by atoms with Crippen molar-refractivity contribution in [1.82, 2.24) is 20.2 Å². The molecule has 0 saturated carbocycles. The molecule has 1 aromatic heterocycles. The van der Waals surface area contributed by atoms with E-state index in [0.29, 0.717) is 23.6 Å². The minimum Gasteiger partial charge on any atom is -0.379 e. The number of hydrogen-bond acceptors (Lipinski definition) is 4. The van der Waals surface area contributed by atoms with Crippen LogP contribution in [0.3, 0.4) is 0 Å². The van der Waals surface area contributed by atoms with Crippen molar-refractivity contribution in [3.63, 3.8) is 0 Å². The molecular weight excluding hydrogens is 510 g/mol. The van der Waals surface area contributed by atoms with Gasteiger partial charge in [0.05, 0.1) is 12.1 Å². The number of halogens is 6. The summed E-state index contributed by atoms with van der Waals surface area (Å²) in [5, 5.41) is 22.4. The summed E-state index contributed by atoms with van der Waals surface area (Å²) in [6.07, 6.45) is 3.28. The fourth-order valence-corrected chi connectivity index (χ4v) is 4.42. The van der Waals surface area contributed by atoms with Crippen molar-refractivity contribution in [2.24, 2.45) is 5.92 Å². The summed E-state index contributed by atoms with van der Waals surface area (Å²) in [5.41, 5.74) is -5.52. The molecule has 2 aromatic carbocycles. The second kappa shape index (κ2) is 10.2. The van der Waals surface area contributed by atoms with Gasteiger partial charge in [0.25, 0.3) is 0 Å². The number of allylic oxidation sites excluding steroid dienone is 5. The molecule has 200 valence electrons. The van der Waals surface area contributed by atoms with Crippen LogP contribution in [0.15, 0.2) is 78.7 Å². The molecule has 0 radical (unpaired) electrons. The van der Waals surface area contributed by atoms with Gasteiger partial charge in [-0.15, -0.1) is 5.10 Å². The lowest BCUT2D eigenvalue weighted by molar-refractivity contribution is -0.137. The van der Waals surface area contributed by atoms with Gasteiger partial charge in [-0.2, -0.15) is 13.2 Å². The van der Waals surface area contributed by atoms with Crippen LogP contribution >= 0.6 is 0 Å². The number of aromatic nitrogens is 4. The summed E-state index contributed by atoms with van der Waals surface area (Å²) in [6, 6.07) is 7.01. The van der Waals surface area contributed by atoms with Crippen LogP contribution in [0.1, 0.15) is 37.0 Å². The average molecular weight is 535 g/mol. The van der Waals surface area contributed by atoms with Crippen LogP contribution in [0.25, 0.3) is 5.57 Å². The van der Waals surface area contributed by atoms with E-state index in [1.807, 2.05) is 13.0 Å². The van der Waals surface area contributed by atoms with Gasteiger partial charge in [0.2, 0.25) is 0 Å². The molecule has 0 spiro atoms. The van der Waals surface area contributed by atoms with Crippen LogP contribution in [0.4, 0.5) is 26.3 Å². The van der Waals surface area contributed by atoms with Crippen molar-refractivity contribution < 1.29 is 31.4 Å². The molecule has 1 heterocycles. The smallest absolute Gasteiger partial charge is 0.379 e. The standard InChI is InChI=1S/C27H24F6N4O/c1-17-3-7-20(8-6-19(13-17)18-4-9-21(10-5-18)27(31,32)33)25(2,30)26(38,15-37-16-34-35-36-37)23-12-11-22(28)14-24(23)29/h4-14,16-17,38H,3,15H2,1-2H3. The van der Waals surface area contributed by atoms with Crippen molar-refractivity contribution in [2.45, 2.75) is 44.3 Å². The third kappa shape index (κ3) is 5.42. The first-order valence-electron chi connectivity index (χ1n) is 11.7. The fourth-order valence-electron chi connectivity index (χ4n) is 4.42. The lowest BCUT2D eigenvalue weighted by Gasteiger charge is -2.40. The highest BCUT2D eigenvalue weighted by atomic mass is 19.4. The molecule has 3 atom stereocenters. The molecular formula is C27H24F6N4O. The second-order valence-electron chi connectivity index (χ2n) is 9.40. The van der Waals surface area contributed by atoms with Gasteiger partial charge in [0.1, 0.15) is 23.6 Å². The lowest BCUT2D eigenvalue weighted by Crippen LogP contribution is -2.51. The van der Waals surface area contributed by atoms with Gasteiger partial charge in [0, 0.05) is 11.6 Å². The van der Waals surface area contributed by atoms with E-state index in [9.17, 15) is 27.1 Å². The van der Waals surface area contributed by atoms with Crippen molar-refractivity contribution in [3.05, 3.63) is 107 Å². The van der Waals surface area contributed by atoms with E-state index in [4.69, 9.17) is 0 Å². The van der Waals surface area contributed by atoms with E-state index in [1.165, 1.54) is 24.3 Å². The van der Waals surface area contributed by atoms with Crippen LogP contribution in [0.2, 0.25) is 0 Å². The molecule has 3 aromatic rings. The highest BCUT2D eigenvalue weighted by Crippen LogP contribution is 2.45.